The Morgan fingerprint density at radius 1 is 1.00 bits per heavy atom. The predicted octanol–water partition coefficient (Wildman–Crippen LogP) is 1.92. The molecule has 154 valence electrons. The van der Waals surface area contributed by atoms with Gasteiger partial charge in [0, 0.05) is 50.1 Å². The first-order valence-electron chi connectivity index (χ1n) is 9.72. The third-order valence-corrected chi connectivity index (χ3v) is 4.79. The largest absolute Gasteiger partial charge is 0.497 e. The molecule has 0 radical (unpaired) electrons. The summed E-state index contributed by atoms with van der Waals surface area (Å²) in [5.41, 5.74) is 0.201. The van der Waals surface area contributed by atoms with Crippen molar-refractivity contribution in [3.63, 3.8) is 0 Å². The third-order valence-electron chi connectivity index (χ3n) is 4.79. The standard InChI is InChI=1S/C21H31N3O4/c1-21(2,3)20(27)22-11-5-6-18(25)23-12-14-24(15-13-23)19(26)16-7-9-17(28-4)10-8-16/h7-10H,5-6,11-15H2,1-4H3,(H,22,27). The molecule has 0 bridgehead atoms. The molecule has 1 saturated heterocycles. The van der Waals surface area contributed by atoms with Crippen LogP contribution in [0.2, 0.25) is 0 Å². The molecular weight excluding hydrogens is 358 g/mol. The van der Waals surface area contributed by atoms with Gasteiger partial charge >= 0.3 is 0 Å². The van der Waals surface area contributed by atoms with E-state index in [1.807, 2.05) is 20.8 Å². The van der Waals surface area contributed by atoms with Crippen LogP contribution in [0.25, 0.3) is 0 Å². The summed E-state index contributed by atoms with van der Waals surface area (Å²) in [4.78, 5) is 40.3. The normalized spacial score (nSPS) is 14.6. The monoisotopic (exact) mass is 389 g/mol. The molecule has 1 aliphatic rings. The molecule has 1 aromatic rings. The van der Waals surface area contributed by atoms with Crippen LogP contribution in [-0.4, -0.2) is 67.4 Å². The topological polar surface area (TPSA) is 79.0 Å². The van der Waals surface area contributed by atoms with E-state index in [1.165, 1.54) is 0 Å². The molecule has 0 aromatic heterocycles. The van der Waals surface area contributed by atoms with Gasteiger partial charge in [-0.25, -0.2) is 0 Å². The molecule has 3 amide bonds. The van der Waals surface area contributed by atoms with Crippen LogP contribution in [0.15, 0.2) is 24.3 Å². The molecule has 2 rings (SSSR count). The second kappa shape index (κ2) is 9.57. The van der Waals surface area contributed by atoms with Crippen LogP contribution in [0.1, 0.15) is 44.0 Å². The van der Waals surface area contributed by atoms with Crippen molar-refractivity contribution in [1.29, 1.82) is 0 Å². The van der Waals surface area contributed by atoms with Crippen LogP contribution in [0, 0.1) is 5.41 Å². The van der Waals surface area contributed by atoms with Gasteiger partial charge in [0.2, 0.25) is 11.8 Å². The van der Waals surface area contributed by atoms with E-state index in [2.05, 4.69) is 5.32 Å². The van der Waals surface area contributed by atoms with Gasteiger partial charge < -0.3 is 19.9 Å². The van der Waals surface area contributed by atoms with E-state index in [-0.39, 0.29) is 17.7 Å². The lowest BCUT2D eigenvalue weighted by molar-refractivity contribution is -0.133. The Kier molecular flexibility index (Phi) is 7.43. The first-order valence-corrected chi connectivity index (χ1v) is 9.72. The van der Waals surface area contributed by atoms with Crippen molar-refractivity contribution in [3.8, 4) is 5.75 Å². The minimum atomic E-state index is -0.420. The maximum Gasteiger partial charge on any atom is 0.253 e. The first-order chi connectivity index (χ1) is 13.2. The molecule has 28 heavy (non-hydrogen) atoms. The number of ether oxygens (including phenoxy) is 1. The summed E-state index contributed by atoms with van der Waals surface area (Å²) in [5, 5.41) is 2.86. The Labute approximate surface area is 167 Å². The van der Waals surface area contributed by atoms with Crippen LogP contribution in [0.3, 0.4) is 0 Å². The minimum absolute atomic E-state index is 0.00870. The number of amides is 3. The molecule has 1 aromatic carbocycles. The van der Waals surface area contributed by atoms with E-state index in [4.69, 9.17) is 4.74 Å². The quantitative estimate of drug-likeness (QED) is 0.754. The molecule has 0 atom stereocenters. The van der Waals surface area contributed by atoms with E-state index in [0.717, 1.165) is 0 Å². The van der Waals surface area contributed by atoms with Crippen molar-refractivity contribution in [2.24, 2.45) is 5.41 Å². The van der Waals surface area contributed by atoms with Crippen LogP contribution in [0.5, 0.6) is 5.75 Å². The molecule has 1 heterocycles. The zero-order chi connectivity index (χ0) is 20.7. The van der Waals surface area contributed by atoms with Crippen molar-refractivity contribution in [2.45, 2.75) is 33.6 Å². The van der Waals surface area contributed by atoms with Gasteiger partial charge in [-0.15, -0.1) is 0 Å². The molecule has 0 saturated carbocycles. The van der Waals surface area contributed by atoms with Crippen LogP contribution in [-0.2, 0) is 9.59 Å². The van der Waals surface area contributed by atoms with Gasteiger partial charge in [0.15, 0.2) is 0 Å². The van der Waals surface area contributed by atoms with E-state index in [9.17, 15) is 14.4 Å². The van der Waals surface area contributed by atoms with E-state index in [0.29, 0.717) is 56.9 Å². The van der Waals surface area contributed by atoms with E-state index in [1.54, 1.807) is 41.2 Å². The Hall–Kier alpha value is -2.57. The molecule has 7 heteroatoms. The number of benzene rings is 1. The maximum absolute atomic E-state index is 12.6. The van der Waals surface area contributed by atoms with Gasteiger partial charge in [-0.1, -0.05) is 20.8 Å². The molecular formula is C21H31N3O4. The lowest BCUT2D eigenvalue weighted by Crippen LogP contribution is -2.50. The number of methoxy groups -OCH3 is 1. The van der Waals surface area contributed by atoms with Crippen LogP contribution < -0.4 is 10.1 Å². The SMILES string of the molecule is COc1ccc(C(=O)N2CCN(C(=O)CCCNC(=O)C(C)(C)C)CC2)cc1. The molecule has 0 unspecified atom stereocenters. The summed E-state index contributed by atoms with van der Waals surface area (Å²) in [6, 6.07) is 7.05. The summed E-state index contributed by atoms with van der Waals surface area (Å²) in [6.07, 6.45) is 1.02. The number of carbonyl (C=O) groups is 3. The van der Waals surface area contributed by atoms with Crippen molar-refractivity contribution in [2.75, 3.05) is 39.8 Å². The number of carbonyl (C=O) groups excluding carboxylic acids is 3. The van der Waals surface area contributed by atoms with Crippen molar-refractivity contribution < 1.29 is 19.1 Å². The molecule has 0 spiro atoms. The number of nitrogens with zero attached hydrogens (tertiary/aromatic N) is 2. The average Bonchev–Trinajstić information content (AvgIpc) is 2.69. The highest BCUT2D eigenvalue weighted by atomic mass is 16.5. The first kappa shape index (κ1) is 21.7. The Balaban J connectivity index is 1.72. The van der Waals surface area contributed by atoms with Gasteiger partial charge in [0.05, 0.1) is 7.11 Å². The summed E-state index contributed by atoms with van der Waals surface area (Å²) in [5.74, 6) is 0.748. The number of hydrogen-bond acceptors (Lipinski definition) is 4. The van der Waals surface area contributed by atoms with E-state index >= 15 is 0 Å². The third kappa shape index (κ3) is 5.97. The van der Waals surface area contributed by atoms with Gasteiger partial charge in [0.25, 0.3) is 5.91 Å². The minimum Gasteiger partial charge on any atom is -0.497 e. The zero-order valence-corrected chi connectivity index (χ0v) is 17.3. The number of hydrogen-bond donors (Lipinski definition) is 1. The lowest BCUT2D eigenvalue weighted by Gasteiger charge is -2.35. The summed E-state index contributed by atoms with van der Waals surface area (Å²) in [7, 11) is 1.59. The summed E-state index contributed by atoms with van der Waals surface area (Å²) in [6.45, 7) is 8.21. The average molecular weight is 389 g/mol. The molecule has 0 aliphatic carbocycles. The van der Waals surface area contributed by atoms with Gasteiger partial charge in [-0.05, 0) is 30.7 Å². The van der Waals surface area contributed by atoms with Gasteiger partial charge in [-0.3, -0.25) is 14.4 Å². The fraction of sp³-hybridized carbons (Fsp3) is 0.571. The Bertz CT molecular complexity index is 687. The highest BCUT2D eigenvalue weighted by Gasteiger charge is 2.25. The van der Waals surface area contributed by atoms with Gasteiger partial charge in [-0.2, -0.15) is 0 Å². The van der Waals surface area contributed by atoms with Crippen LogP contribution in [0.4, 0.5) is 0 Å². The Morgan fingerprint density at radius 2 is 1.57 bits per heavy atom. The molecule has 7 nitrogen and oxygen atoms in total. The second-order valence-electron chi connectivity index (χ2n) is 8.01. The molecule has 1 fully saturated rings. The van der Waals surface area contributed by atoms with E-state index < -0.39 is 5.41 Å². The zero-order valence-electron chi connectivity index (χ0n) is 17.3. The van der Waals surface area contributed by atoms with Crippen molar-refractivity contribution in [1.82, 2.24) is 15.1 Å². The predicted molar refractivity (Wildman–Crippen MR) is 107 cm³/mol. The Morgan fingerprint density at radius 3 is 2.11 bits per heavy atom. The van der Waals surface area contributed by atoms with Gasteiger partial charge in [0.1, 0.15) is 5.75 Å². The molecule has 1 aliphatic heterocycles. The number of rotatable bonds is 6. The van der Waals surface area contributed by atoms with Crippen molar-refractivity contribution in [3.05, 3.63) is 29.8 Å². The lowest BCUT2D eigenvalue weighted by atomic mass is 9.96. The molecule has 1 N–H and O–H groups in total. The highest BCUT2D eigenvalue weighted by molar-refractivity contribution is 5.94. The number of piperazine rings is 1. The smallest absolute Gasteiger partial charge is 0.253 e. The maximum atomic E-state index is 12.6. The summed E-state index contributed by atoms with van der Waals surface area (Å²) >= 11 is 0. The summed E-state index contributed by atoms with van der Waals surface area (Å²) < 4.78 is 5.11. The van der Waals surface area contributed by atoms with Crippen molar-refractivity contribution >= 4 is 17.7 Å². The fourth-order valence-corrected chi connectivity index (χ4v) is 2.94. The highest BCUT2D eigenvalue weighted by Crippen LogP contribution is 2.15. The fourth-order valence-electron chi connectivity index (χ4n) is 2.94. The number of nitrogens with one attached hydrogen (secondary N) is 1. The second-order valence-corrected chi connectivity index (χ2v) is 8.01. The van der Waals surface area contributed by atoms with Crippen LogP contribution >= 0.6 is 0 Å².